The van der Waals surface area contributed by atoms with E-state index in [1.807, 2.05) is 6.92 Å². The molecule has 0 amide bonds. The summed E-state index contributed by atoms with van der Waals surface area (Å²) in [4.78, 5) is 24.0. The fraction of sp³-hybridized carbons (Fsp3) is 0.200. The molecule has 3 aromatic rings. The Hall–Kier alpha value is -3.06. The zero-order valence-electron chi connectivity index (χ0n) is 14.8. The molecule has 6 nitrogen and oxygen atoms in total. The lowest BCUT2D eigenvalue weighted by Crippen LogP contribution is -2.27. The van der Waals surface area contributed by atoms with Gasteiger partial charge in [-0.3, -0.25) is 4.79 Å². The average molecular weight is 403 g/mol. The lowest BCUT2D eigenvalue weighted by molar-refractivity contribution is 0.0694. The van der Waals surface area contributed by atoms with E-state index in [1.165, 1.54) is 6.20 Å². The maximum absolute atomic E-state index is 14.9. The van der Waals surface area contributed by atoms with Crippen LogP contribution in [0.1, 0.15) is 28.9 Å². The third-order valence-corrected chi connectivity index (χ3v) is 5.06. The molecule has 28 heavy (non-hydrogen) atoms. The first-order chi connectivity index (χ1) is 13.4. The summed E-state index contributed by atoms with van der Waals surface area (Å²) >= 11 is 5.87. The maximum Gasteiger partial charge on any atom is 0.341 e. The third-order valence-electron chi connectivity index (χ3n) is 4.81. The second-order valence-corrected chi connectivity index (χ2v) is 7.10. The largest absolute Gasteiger partial charge is 0.489 e. The van der Waals surface area contributed by atoms with Gasteiger partial charge >= 0.3 is 5.97 Å². The lowest BCUT2D eigenvalue weighted by atomic mass is 10.0. The Labute approximate surface area is 164 Å². The van der Waals surface area contributed by atoms with Gasteiger partial charge in [-0.05, 0) is 37.3 Å². The molecule has 4 rings (SSSR count). The zero-order valence-corrected chi connectivity index (χ0v) is 15.6. The summed E-state index contributed by atoms with van der Waals surface area (Å²) in [7, 11) is 0. The minimum Gasteiger partial charge on any atom is -0.489 e. The first kappa shape index (κ1) is 18.3. The number of ether oxygens (including phenoxy) is 1. The Balaban J connectivity index is 1.86. The van der Waals surface area contributed by atoms with Crippen molar-refractivity contribution in [1.29, 1.82) is 0 Å². The molecule has 0 spiro atoms. The molecule has 0 unspecified atom stereocenters. The topological polar surface area (TPSA) is 80.6 Å². The van der Waals surface area contributed by atoms with Gasteiger partial charge in [0.2, 0.25) is 5.43 Å². The Morgan fingerprint density at radius 3 is 2.79 bits per heavy atom. The van der Waals surface area contributed by atoms with Crippen LogP contribution in [-0.2, 0) is 6.54 Å². The van der Waals surface area contributed by atoms with E-state index in [9.17, 15) is 19.1 Å². The number of rotatable bonds is 4. The molecule has 2 N–H and O–H groups in total. The Morgan fingerprint density at radius 2 is 2.11 bits per heavy atom. The maximum atomic E-state index is 14.9. The minimum absolute atomic E-state index is 0.00538. The number of aromatic nitrogens is 1. The van der Waals surface area contributed by atoms with E-state index in [4.69, 9.17) is 16.3 Å². The van der Waals surface area contributed by atoms with Gasteiger partial charge in [0.05, 0.1) is 22.5 Å². The Kier molecular flexibility index (Phi) is 4.47. The molecule has 8 heteroatoms. The second-order valence-electron chi connectivity index (χ2n) is 6.67. The molecule has 1 aliphatic rings. The smallest absolute Gasteiger partial charge is 0.341 e. The van der Waals surface area contributed by atoms with Gasteiger partial charge in [-0.25, -0.2) is 9.18 Å². The average Bonchev–Trinajstić information content (AvgIpc) is 2.66. The van der Waals surface area contributed by atoms with Crippen molar-refractivity contribution in [3.8, 4) is 5.75 Å². The molecule has 144 valence electrons. The van der Waals surface area contributed by atoms with Gasteiger partial charge in [-0.15, -0.1) is 0 Å². The number of hydrogen-bond donors (Lipinski definition) is 2. The number of halogens is 2. The fourth-order valence-corrected chi connectivity index (χ4v) is 3.48. The van der Waals surface area contributed by atoms with E-state index in [0.29, 0.717) is 10.5 Å². The third kappa shape index (κ3) is 2.97. The molecule has 0 fully saturated rings. The van der Waals surface area contributed by atoms with Crippen molar-refractivity contribution in [2.24, 2.45) is 0 Å². The first-order valence-electron chi connectivity index (χ1n) is 8.62. The van der Waals surface area contributed by atoms with Crippen LogP contribution < -0.4 is 15.5 Å². The molecule has 1 atom stereocenters. The molecular formula is C20H16ClFN2O4. The number of hydrogen-bond acceptors (Lipinski definition) is 4. The van der Waals surface area contributed by atoms with Crippen LogP contribution in [0.2, 0.25) is 5.02 Å². The van der Waals surface area contributed by atoms with Crippen molar-refractivity contribution in [3.63, 3.8) is 0 Å². The van der Waals surface area contributed by atoms with Gasteiger partial charge < -0.3 is 19.7 Å². The van der Waals surface area contributed by atoms with Crippen LogP contribution in [0, 0.1) is 5.82 Å². The molecule has 1 aromatic heterocycles. The first-order valence-corrected chi connectivity index (χ1v) is 9.00. The van der Waals surface area contributed by atoms with Crippen LogP contribution in [0.25, 0.3) is 10.9 Å². The molecule has 0 saturated carbocycles. The standard InChI is InChI=1S/C20H16ClFN2O4/c1-10-9-28-19-14(7-23-12-4-2-11(21)3-5-12)16(22)6-13-17(19)24(10)8-15(18(13)25)20(26)27/h2-6,8,10,23H,7,9H2,1H3,(H,26,27)/t10-/m0/s1. The highest BCUT2D eigenvalue weighted by Crippen LogP contribution is 2.36. The van der Waals surface area contributed by atoms with E-state index in [2.05, 4.69) is 5.32 Å². The quantitative estimate of drug-likeness (QED) is 0.688. The van der Waals surface area contributed by atoms with Gasteiger partial charge in [0.15, 0.2) is 5.75 Å². The van der Waals surface area contributed by atoms with Gasteiger partial charge in [-0.1, -0.05) is 11.6 Å². The van der Waals surface area contributed by atoms with E-state index in [1.54, 1.807) is 28.8 Å². The van der Waals surface area contributed by atoms with Gasteiger partial charge in [0.1, 0.15) is 18.0 Å². The number of nitrogens with one attached hydrogen (secondary N) is 1. The van der Waals surface area contributed by atoms with Gasteiger partial charge in [-0.2, -0.15) is 0 Å². The highest BCUT2D eigenvalue weighted by Gasteiger charge is 2.27. The highest BCUT2D eigenvalue weighted by molar-refractivity contribution is 6.30. The summed E-state index contributed by atoms with van der Waals surface area (Å²) in [6, 6.07) is 7.86. The molecule has 2 heterocycles. The molecule has 0 bridgehead atoms. The van der Waals surface area contributed by atoms with E-state index in [-0.39, 0.29) is 35.9 Å². The predicted octanol–water partition coefficient (Wildman–Crippen LogP) is 4.06. The van der Waals surface area contributed by atoms with Crippen molar-refractivity contribution in [3.05, 3.63) is 68.7 Å². The monoisotopic (exact) mass is 402 g/mol. The van der Waals surface area contributed by atoms with E-state index < -0.39 is 22.8 Å². The van der Waals surface area contributed by atoms with Crippen LogP contribution in [-0.4, -0.2) is 22.2 Å². The lowest BCUT2D eigenvalue weighted by Gasteiger charge is -2.28. The van der Waals surface area contributed by atoms with Crippen molar-refractivity contribution in [1.82, 2.24) is 4.57 Å². The zero-order chi connectivity index (χ0) is 20.0. The predicted molar refractivity (Wildman–Crippen MR) is 104 cm³/mol. The highest BCUT2D eigenvalue weighted by atomic mass is 35.5. The molecule has 1 aliphatic heterocycles. The summed E-state index contributed by atoms with van der Waals surface area (Å²) in [6.45, 7) is 2.21. The molecule has 2 aromatic carbocycles. The summed E-state index contributed by atoms with van der Waals surface area (Å²) in [5.41, 5.74) is 0.306. The van der Waals surface area contributed by atoms with Crippen LogP contribution in [0.5, 0.6) is 5.75 Å². The summed E-state index contributed by atoms with van der Waals surface area (Å²) in [5.74, 6) is -1.72. The summed E-state index contributed by atoms with van der Waals surface area (Å²) < 4.78 is 22.3. The normalized spacial score (nSPS) is 15.3. The van der Waals surface area contributed by atoms with Crippen molar-refractivity contribution in [2.75, 3.05) is 11.9 Å². The Morgan fingerprint density at radius 1 is 1.39 bits per heavy atom. The van der Waals surface area contributed by atoms with Crippen LogP contribution in [0.3, 0.4) is 0 Å². The van der Waals surface area contributed by atoms with Crippen molar-refractivity contribution in [2.45, 2.75) is 19.5 Å². The number of carboxylic acid groups (broad SMARTS) is 1. The summed E-state index contributed by atoms with van der Waals surface area (Å²) in [6.07, 6.45) is 1.30. The second kappa shape index (κ2) is 6.83. The number of aromatic carboxylic acids is 1. The number of carbonyl (C=O) groups is 1. The van der Waals surface area contributed by atoms with Gasteiger partial charge in [0.25, 0.3) is 0 Å². The minimum atomic E-state index is -1.34. The van der Waals surface area contributed by atoms with Gasteiger partial charge in [0, 0.05) is 23.5 Å². The van der Waals surface area contributed by atoms with Crippen LogP contribution in [0.4, 0.5) is 10.1 Å². The molecule has 0 aliphatic carbocycles. The van der Waals surface area contributed by atoms with Crippen LogP contribution in [0.15, 0.2) is 41.3 Å². The number of pyridine rings is 1. The van der Waals surface area contributed by atoms with E-state index in [0.717, 1.165) is 11.8 Å². The van der Waals surface area contributed by atoms with E-state index >= 15 is 0 Å². The molecule has 0 saturated heterocycles. The number of benzene rings is 2. The number of carboxylic acids is 1. The number of nitrogens with zero attached hydrogens (tertiary/aromatic N) is 1. The van der Waals surface area contributed by atoms with Crippen molar-refractivity contribution >= 4 is 34.2 Å². The summed E-state index contributed by atoms with van der Waals surface area (Å²) in [5, 5.41) is 13.0. The molecular weight excluding hydrogens is 387 g/mol. The fourth-order valence-electron chi connectivity index (χ4n) is 3.36. The van der Waals surface area contributed by atoms with Crippen molar-refractivity contribution < 1.29 is 19.0 Å². The molecule has 0 radical (unpaired) electrons. The number of anilines is 1. The Bertz CT molecular complexity index is 1160. The van der Waals surface area contributed by atoms with Crippen LogP contribution >= 0.6 is 11.6 Å². The SMILES string of the molecule is C[C@H]1COc2c(CNc3ccc(Cl)cc3)c(F)cc3c(=O)c(C(=O)O)cn1c23.